The topological polar surface area (TPSA) is 268 Å². The van der Waals surface area contributed by atoms with E-state index < -0.39 is 74.1 Å². The summed E-state index contributed by atoms with van der Waals surface area (Å²) in [6.07, 6.45) is -2.37. The summed E-state index contributed by atoms with van der Waals surface area (Å²) in [7, 11) is 0. The standard InChI is InChI=1S/C40H39N7O14S/c1-22-33-32(23(2)48)37(49)44(33)34(38(50)59-19-24-3-9-27(10-4-24)45(53)54)35(22)62-30-17-31(43(18-30)40(52)61-21-26-7-13-29(14-8-26)47(57)58)36-41-15-16-42(36)39(51)60-20-25-5-11-28(12-6-25)46(55)56/h3-14,22-23,30-33,48H,15-21H2,1-2H3/t22-,23-,30+,31+,32-,33-/m1/s1. The molecule has 4 heterocycles. The van der Waals surface area contributed by atoms with Crippen LogP contribution in [0.4, 0.5) is 26.7 Å². The Balaban J connectivity index is 1.13. The minimum Gasteiger partial charge on any atom is -0.456 e. The fourth-order valence-electron chi connectivity index (χ4n) is 7.92. The molecule has 6 atom stereocenters. The van der Waals surface area contributed by atoms with Crippen molar-refractivity contribution in [2.45, 2.75) is 63.5 Å². The number of amidine groups is 1. The summed E-state index contributed by atoms with van der Waals surface area (Å²) in [5.74, 6) is -2.30. The van der Waals surface area contributed by atoms with E-state index in [1.807, 2.05) is 6.92 Å². The van der Waals surface area contributed by atoms with E-state index >= 15 is 0 Å². The van der Waals surface area contributed by atoms with Gasteiger partial charge in [0.2, 0.25) is 5.91 Å². The summed E-state index contributed by atoms with van der Waals surface area (Å²) in [6, 6.07) is 15.0. The normalized spacial score (nSPS) is 22.1. The summed E-state index contributed by atoms with van der Waals surface area (Å²) in [5.41, 5.74) is 1.01. The van der Waals surface area contributed by atoms with Gasteiger partial charge in [0.05, 0.1) is 52.0 Å². The molecule has 0 aliphatic carbocycles. The van der Waals surface area contributed by atoms with Crippen LogP contribution in [-0.4, -0.2) is 108 Å². The number of fused-ring (bicyclic) bond motifs is 1. The number of hydrogen-bond acceptors (Lipinski definition) is 16. The highest BCUT2D eigenvalue weighted by Gasteiger charge is 2.61. The quantitative estimate of drug-likeness (QED) is 0.0727. The van der Waals surface area contributed by atoms with E-state index in [-0.39, 0.29) is 74.5 Å². The number of nitrogens with zero attached hydrogens (tertiary/aromatic N) is 7. The van der Waals surface area contributed by atoms with Crippen molar-refractivity contribution in [1.29, 1.82) is 0 Å². The number of amides is 3. The summed E-state index contributed by atoms with van der Waals surface area (Å²) >= 11 is 1.25. The number of non-ortho nitro benzene ring substituents is 3. The van der Waals surface area contributed by atoms with E-state index in [0.29, 0.717) is 21.6 Å². The molecule has 3 aromatic rings. The maximum absolute atomic E-state index is 13.9. The van der Waals surface area contributed by atoms with Crippen molar-refractivity contribution < 1.29 is 53.3 Å². The minimum atomic E-state index is -1.02. The molecule has 3 amide bonds. The number of nitro benzene ring substituents is 3. The van der Waals surface area contributed by atoms with E-state index in [1.165, 1.54) is 106 Å². The third kappa shape index (κ3) is 8.77. The summed E-state index contributed by atoms with van der Waals surface area (Å²) in [6.45, 7) is 2.96. The molecule has 2 fully saturated rings. The Morgan fingerprint density at radius 2 is 1.29 bits per heavy atom. The van der Waals surface area contributed by atoms with Crippen molar-refractivity contribution >= 4 is 58.7 Å². The smallest absolute Gasteiger partial charge is 0.415 e. The van der Waals surface area contributed by atoms with Gasteiger partial charge in [-0.25, -0.2) is 14.4 Å². The molecule has 0 spiro atoms. The number of carbonyl (C=O) groups is 4. The highest BCUT2D eigenvalue weighted by molar-refractivity contribution is 8.03. The van der Waals surface area contributed by atoms with E-state index in [0.717, 1.165) is 0 Å². The van der Waals surface area contributed by atoms with Gasteiger partial charge in [0, 0.05) is 59.0 Å². The first kappa shape index (κ1) is 43.2. The molecule has 2 saturated heterocycles. The Labute approximate surface area is 356 Å². The number of thioether (sulfide) groups is 1. The van der Waals surface area contributed by atoms with Crippen LogP contribution in [0.2, 0.25) is 0 Å². The number of ether oxygens (including phenoxy) is 3. The Bertz CT molecular complexity index is 2360. The molecule has 0 aromatic heterocycles. The van der Waals surface area contributed by atoms with Gasteiger partial charge < -0.3 is 24.2 Å². The van der Waals surface area contributed by atoms with E-state index in [4.69, 9.17) is 14.2 Å². The molecule has 0 unspecified atom stereocenters. The van der Waals surface area contributed by atoms with Gasteiger partial charge in [0.15, 0.2) is 0 Å². The predicted octanol–water partition coefficient (Wildman–Crippen LogP) is 5.09. The van der Waals surface area contributed by atoms with Gasteiger partial charge in [0.1, 0.15) is 31.4 Å². The number of aliphatic imine (C=N–C) groups is 1. The first-order chi connectivity index (χ1) is 29.6. The first-order valence-corrected chi connectivity index (χ1v) is 20.2. The minimum absolute atomic E-state index is 0.0123. The third-order valence-corrected chi connectivity index (χ3v) is 12.5. The fourth-order valence-corrected chi connectivity index (χ4v) is 9.44. The number of aliphatic hydroxyl groups is 1. The molecule has 0 radical (unpaired) electrons. The van der Waals surface area contributed by atoms with Crippen molar-refractivity contribution in [3.63, 3.8) is 0 Å². The number of carbonyl (C=O) groups excluding carboxylic acids is 4. The van der Waals surface area contributed by atoms with Crippen LogP contribution in [0, 0.1) is 42.2 Å². The average Bonchev–Trinajstić information content (AvgIpc) is 3.97. The maximum Gasteiger partial charge on any atom is 0.415 e. The Morgan fingerprint density at radius 3 is 1.77 bits per heavy atom. The molecular formula is C40H39N7O14S. The second-order valence-electron chi connectivity index (χ2n) is 15.0. The Morgan fingerprint density at radius 1 is 0.806 bits per heavy atom. The van der Waals surface area contributed by atoms with E-state index in [2.05, 4.69) is 4.99 Å². The van der Waals surface area contributed by atoms with Crippen LogP contribution < -0.4 is 0 Å². The van der Waals surface area contributed by atoms with Crippen molar-refractivity contribution in [2.75, 3.05) is 19.6 Å². The zero-order valence-electron chi connectivity index (χ0n) is 33.1. The van der Waals surface area contributed by atoms with Gasteiger partial charge >= 0.3 is 18.2 Å². The molecule has 324 valence electrons. The van der Waals surface area contributed by atoms with Crippen molar-refractivity contribution in [1.82, 2.24) is 14.7 Å². The van der Waals surface area contributed by atoms with Crippen molar-refractivity contribution in [3.8, 4) is 0 Å². The lowest BCUT2D eigenvalue weighted by atomic mass is 9.79. The number of nitro groups is 3. The molecule has 21 nitrogen and oxygen atoms in total. The van der Waals surface area contributed by atoms with Crippen molar-refractivity contribution in [2.24, 2.45) is 16.8 Å². The average molecular weight is 874 g/mol. The molecule has 3 aromatic carbocycles. The lowest BCUT2D eigenvalue weighted by Gasteiger charge is -2.46. The van der Waals surface area contributed by atoms with Crippen LogP contribution in [0.15, 0.2) is 88.4 Å². The summed E-state index contributed by atoms with van der Waals surface area (Å²) in [5, 5.41) is 43.4. The van der Waals surface area contributed by atoms with Crippen LogP contribution >= 0.6 is 11.8 Å². The van der Waals surface area contributed by atoms with Gasteiger partial charge in [-0.05, 0) is 66.4 Å². The number of benzene rings is 3. The molecule has 62 heavy (non-hydrogen) atoms. The Hall–Kier alpha value is -6.94. The van der Waals surface area contributed by atoms with E-state index in [9.17, 15) is 54.6 Å². The number of rotatable bonds is 14. The molecule has 0 saturated carbocycles. The van der Waals surface area contributed by atoms with Crippen LogP contribution in [0.5, 0.6) is 0 Å². The van der Waals surface area contributed by atoms with Gasteiger partial charge in [-0.1, -0.05) is 6.92 Å². The second kappa shape index (κ2) is 18.0. The number of β-lactam (4-membered cyclic amide) rings is 1. The highest BCUT2D eigenvalue weighted by atomic mass is 32.2. The highest BCUT2D eigenvalue weighted by Crippen LogP contribution is 2.52. The number of hydrogen-bond donors (Lipinski definition) is 1. The van der Waals surface area contributed by atoms with Gasteiger partial charge in [-0.3, -0.25) is 49.9 Å². The van der Waals surface area contributed by atoms with Crippen LogP contribution in [-0.2, 0) is 43.6 Å². The molecule has 7 rings (SSSR count). The molecule has 0 bridgehead atoms. The third-order valence-electron chi connectivity index (χ3n) is 11.0. The summed E-state index contributed by atoms with van der Waals surface area (Å²) in [4.78, 5) is 95.6. The molecule has 22 heteroatoms. The van der Waals surface area contributed by atoms with Gasteiger partial charge in [0.25, 0.3) is 17.1 Å². The molecule has 1 N–H and O–H groups in total. The fraction of sp³-hybridized carbons (Fsp3) is 0.375. The van der Waals surface area contributed by atoms with Crippen LogP contribution in [0.1, 0.15) is 37.0 Å². The van der Waals surface area contributed by atoms with E-state index in [1.54, 1.807) is 0 Å². The zero-order chi connectivity index (χ0) is 44.4. The SMILES string of the molecule is C[C@@H](O)[C@H]1C(=O)N2C(C(=O)OCc3ccc([N+](=O)[O-])cc3)=C(S[C@H]3C[C@@H](C4=NCCN4C(=O)OCc4ccc([N+](=O)[O-])cc4)N(C(=O)OCc4ccc([N+](=O)[O-])cc4)C3)[C@H](C)[C@H]12. The lowest BCUT2D eigenvalue weighted by Crippen LogP contribution is -2.63. The number of likely N-dealkylation sites (tertiary alicyclic amines) is 1. The Kier molecular flexibility index (Phi) is 12.5. The molecule has 4 aliphatic heterocycles. The molecule has 4 aliphatic rings. The molecular weight excluding hydrogens is 835 g/mol. The summed E-state index contributed by atoms with van der Waals surface area (Å²) < 4.78 is 16.9. The van der Waals surface area contributed by atoms with Crippen LogP contribution in [0.3, 0.4) is 0 Å². The van der Waals surface area contributed by atoms with Gasteiger partial charge in [-0.15, -0.1) is 11.8 Å². The second-order valence-corrected chi connectivity index (χ2v) is 16.3. The number of aliphatic hydroxyl groups excluding tert-OH is 1. The largest absolute Gasteiger partial charge is 0.456 e. The lowest BCUT2D eigenvalue weighted by molar-refractivity contribution is -0.385. The monoisotopic (exact) mass is 873 g/mol. The maximum atomic E-state index is 13.9. The predicted molar refractivity (Wildman–Crippen MR) is 217 cm³/mol. The first-order valence-electron chi connectivity index (χ1n) is 19.3. The number of esters is 1. The van der Waals surface area contributed by atoms with Crippen LogP contribution in [0.25, 0.3) is 0 Å². The zero-order valence-corrected chi connectivity index (χ0v) is 34.0. The van der Waals surface area contributed by atoms with Gasteiger partial charge in [-0.2, -0.15) is 0 Å². The van der Waals surface area contributed by atoms with Crippen molar-refractivity contribution in [3.05, 3.63) is 130 Å².